The van der Waals surface area contributed by atoms with Gasteiger partial charge in [-0.1, -0.05) is 55.5 Å². The Kier molecular flexibility index (Phi) is 7.09. The lowest BCUT2D eigenvalue weighted by Gasteiger charge is -2.35. The molecule has 2 aliphatic rings. The van der Waals surface area contributed by atoms with Crippen molar-refractivity contribution in [3.05, 3.63) is 59.7 Å². The molecule has 0 aromatic heterocycles. The number of aliphatic carboxylic acids is 1. The summed E-state index contributed by atoms with van der Waals surface area (Å²) < 4.78 is 16.1. The molecule has 1 fully saturated rings. The Morgan fingerprint density at radius 1 is 1.11 bits per heavy atom. The molecule has 4 rings (SSSR count). The van der Waals surface area contributed by atoms with Crippen LogP contribution in [0.4, 0.5) is 4.79 Å². The molecule has 3 N–H and O–H groups in total. The summed E-state index contributed by atoms with van der Waals surface area (Å²) in [5.41, 5.74) is 1.30. The van der Waals surface area contributed by atoms with E-state index in [1.165, 1.54) is 7.11 Å². The summed E-state index contributed by atoms with van der Waals surface area (Å²) >= 11 is 0. The number of methoxy groups -OCH3 is 1. The van der Waals surface area contributed by atoms with E-state index in [0.717, 1.165) is 22.3 Å². The number of ether oxygens (including phenoxy) is 3. The van der Waals surface area contributed by atoms with Gasteiger partial charge in [0.2, 0.25) is 5.91 Å². The summed E-state index contributed by atoms with van der Waals surface area (Å²) in [6.07, 6.45) is -0.493. The standard InChI is InChI=1S/C26H30N2O7/c1-3-25(15-33-2,22(29)27-26(23(30)31)12-13-34-16-26)28-24(32)35-14-21-19-10-6-4-8-17(19)18-9-5-7-11-20(18)21/h4-11,21H,3,12-16H2,1-2H3,(H,27,29)(H,28,32)(H,30,31). The zero-order chi connectivity index (χ0) is 25.1. The van der Waals surface area contributed by atoms with Gasteiger partial charge in [0.05, 0.1) is 13.2 Å². The normalized spacial score (nSPS) is 20.4. The molecular formula is C26H30N2O7. The van der Waals surface area contributed by atoms with Gasteiger partial charge in [-0.15, -0.1) is 0 Å². The summed E-state index contributed by atoms with van der Waals surface area (Å²) in [4.78, 5) is 38.1. The van der Waals surface area contributed by atoms with Gasteiger partial charge in [-0.3, -0.25) is 4.79 Å². The Labute approximate surface area is 203 Å². The predicted molar refractivity (Wildman–Crippen MR) is 127 cm³/mol. The third-order valence-electron chi connectivity index (χ3n) is 6.90. The van der Waals surface area contributed by atoms with E-state index in [2.05, 4.69) is 10.6 Å². The Bertz CT molecular complexity index is 1070. The number of rotatable bonds is 9. The first-order valence-corrected chi connectivity index (χ1v) is 11.6. The zero-order valence-corrected chi connectivity index (χ0v) is 19.8. The van der Waals surface area contributed by atoms with Crippen molar-refractivity contribution in [2.24, 2.45) is 0 Å². The highest BCUT2D eigenvalue weighted by molar-refractivity contribution is 5.94. The van der Waals surface area contributed by atoms with Crippen molar-refractivity contribution in [2.75, 3.05) is 33.5 Å². The minimum absolute atomic E-state index is 0.0845. The fourth-order valence-electron chi connectivity index (χ4n) is 4.81. The van der Waals surface area contributed by atoms with E-state index in [1.807, 2.05) is 48.5 Å². The molecule has 1 heterocycles. The Hall–Kier alpha value is -3.43. The lowest BCUT2D eigenvalue weighted by molar-refractivity contribution is -0.149. The molecular weight excluding hydrogens is 452 g/mol. The van der Waals surface area contributed by atoms with E-state index in [9.17, 15) is 19.5 Å². The Morgan fingerprint density at radius 3 is 2.26 bits per heavy atom. The van der Waals surface area contributed by atoms with E-state index < -0.39 is 29.0 Å². The number of hydrogen-bond acceptors (Lipinski definition) is 6. The minimum atomic E-state index is -1.55. The first-order valence-electron chi connectivity index (χ1n) is 11.6. The van der Waals surface area contributed by atoms with Gasteiger partial charge < -0.3 is 30.0 Å². The molecule has 0 spiro atoms. The second-order valence-corrected chi connectivity index (χ2v) is 8.96. The van der Waals surface area contributed by atoms with Crippen LogP contribution < -0.4 is 10.6 Å². The van der Waals surface area contributed by atoms with Crippen LogP contribution in [0.15, 0.2) is 48.5 Å². The molecule has 0 bridgehead atoms. The fraction of sp³-hybridized carbons (Fsp3) is 0.423. The molecule has 2 aromatic carbocycles. The van der Waals surface area contributed by atoms with Gasteiger partial charge in [0.15, 0.2) is 5.54 Å². The van der Waals surface area contributed by atoms with Crippen molar-refractivity contribution in [1.29, 1.82) is 0 Å². The van der Waals surface area contributed by atoms with Gasteiger partial charge >= 0.3 is 12.1 Å². The topological polar surface area (TPSA) is 123 Å². The molecule has 2 atom stereocenters. The van der Waals surface area contributed by atoms with Gasteiger partial charge in [-0.05, 0) is 28.7 Å². The molecule has 9 heteroatoms. The second kappa shape index (κ2) is 10.1. The van der Waals surface area contributed by atoms with Crippen LogP contribution in [0.25, 0.3) is 11.1 Å². The third-order valence-corrected chi connectivity index (χ3v) is 6.90. The summed E-state index contributed by atoms with van der Waals surface area (Å²) in [5.74, 6) is -1.98. The van der Waals surface area contributed by atoms with E-state index in [1.54, 1.807) is 6.92 Å². The number of alkyl carbamates (subject to hydrolysis) is 1. The number of carboxylic acids is 1. The maximum Gasteiger partial charge on any atom is 0.408 e. The van der Waals surface area contributed by atoms with Crippen LogP contribution in [-0.2, 0) is 23.8 Å². The maximum atomic E-state index is 13.3. The summed E-state index contributed by atoms with van der Waals surface area (Å²) in [5, 5.41) is 14.9. The van der Waals surface area contributed by atoms with Gasteiger partial charge in [0.25, 0.3) is 0 Å². The monoisotopic (exact) mass is 482 g/mol. The molecule has 1 saturated heterocycles. The van der Waals surface area contributed by atoms with E-state index in [0.29, 0.717) is 0 Å². The minimum Gasteiger partial charge on any atom is -0.479 e. The smallest absolute Gasteiger partial charge is 0.408 e. The summed E-state index contributed by atoms with van der Waals surface area (Å²) in [6, 6.07) is 16.0. The van der Waals surface area contributed by atoms with Crippen LogP contribution in [0.5, 0.6) is 0 Å². The second-order valence-electron chi connectivity index (χ2n) is 8.96. The summed E-state index contributed by atoms with van der Waals surface area (Å²) in [6.45, 7) is 1.71. The molecule has 0 saturated carbocycles. The van der Waals surface area contributed by atoms with Crippen molar-refractivity contribution < 1.29 is 33.7 Å². The molecule has 1 aliphatic heterocycles. The van der Waals surface area contributed by atoms with Crippen LogP contribution in [0.2, 0.25) is 0 Å². The van der Waals surface area contributed by atoms with Crippen LogP contribution in [0.3, 0.4) is 0 Å². The number of amides is 2. The number of nitrogens with one attached hydrogen (secondary N) is 2. The third kappa shape index (κ3) is 4.61. The van der Waals surface area contributed by atoms with Gasteiger partial charge in [-0.25, -0.2) is 9.59 Å². The number of hydrogen-bond donors (Lipinski definition) is 3. The molecule has 2 unspecified atom stereocenters. The average molecular weight is 483 g/mol. The van der Waals surface area contributed by atoms with E-state index >= 15 is 0 Å². The lowest BCUT2D eigenvalue weighted by Crippen LogP contribution is -2.67. The highest BCUT2D eigenvalue weighted by Crippen LogP contribution is 2.44. The van der Waals surface area contributed by atoms with Crippen molar-refractivity contribution in [1.82, 2.24) is 10.6 Å². The van der Waals surface area contributed by atoms with Crippen LogP contribution in [0, 0.1) is 0 Å². The van der Waals surface area contributed by atoms with Crippen molar-refractivity contribution >= 4 is 18.0 Å². The largest absolute Gasteiger partial charge is 0.479 e. The maximum absolute atomic E-state index is 13.3. The SMILES string of the molecule is CCC(COC)(NC(=O)OCC1c2ccccc2-c2ccccc21)C(=O)NC1(C(=O)O)CCOC1. The van der Waals surface area contributed by atoms with Crippen LogP contribution >= 0.6 is 0 Å². The molecule has 2 amide bonds. The molecule has 186 valence electrons. The van der Waals surface area contributed by atoms with Crippen molar-refractivity contribution in [3.63, 3.8) is 0 Å². The average Bonchev–Trinajstić information content (AvgIpc) is 3.46. The van der Waals surface area contributed by atoms with Gasteiger partial charge in [0.1, 0.15) is 12.1 Å². The number of carbonyl (C=O) groups excluding carboxylic acids is 2. The van der Waals surface area contributed by atoms with E-state index in [-0.39, 0.29) is 45.2 Å². The number of carboxylic acid groups (broad SMARTS) is 1. The molecule has 2 aromatic rings. The Morgan fingerprint density at radius 2 is 1.74 bits per heavy atom. The number of benzene rings is 2. The summed E-state index contributed by atoms with van der Waals surface area (Å²) in [7, 11) is 1.41. The van der Waals surface area contributed by atoms with Gasteiger partial charge in [0, 0.05) is 26.1 Å². The molecule has 9 nitrogen and oxygen atoms in total. The molecule has 35 heavy (non-hydrogen) atoms. The zero-order valence-electron chi connectivity index (χ0n) is 19.8. The highest BCUT2D eigenvalue weighted by Gasteiger charge is 2.49. The molecule has 1 aliphatic carbocycles. The quantitative estimate of drug-likeness (QED) is 0.502. The van der Waals surface area contributed by atoms with Crippen molar-refractivity contribution in [2.45, 2.75) is 36.8 Å². The molecule has 0 radical (unpaired) electrons. The predicted octanol–water partition coefficient (Wildman–Crippen LogP) is 2.68. The van der Waals surface area contributed by atoms with E-state index in [4.69, 9.17) is 14.2 Å². The van der Waals surface area contributed by atoms with Crippen molar-refractivity contribution in [3.8, 4) is 11.1 Å². The highest BCUT2D eigenvalue weighted by atomic mass is 16.5. The first kappa shape index (κ1) is 24.7. The Balaban J connectivity index is 1.49. The van der Waals surface area contributed by atoms with Crippen LogP contribution in [0.1, 0.15) is 36.8 Å². The number of carbonyl (C=O) groups is 3. The van der Waals surface area contributed by atoms with Gasteiger partial charge in [-0.2, -0.15) is 0 Å². The van der Waals surface area contributed by atoms with Crippen LogP contribution in [-0.4, -0.2) is 67.7 Å². The fourth-order valence-corrected chi connectivity index (χ4v) is 4.81. The lowest BCUT2D eigenvalue weighted by atomic mass is 9.92. The first-order chi connectivity index (χ1) is 16.9. The number of fused-ring (bicyclic) bond motifs is 3.